The van der Waals surface area contributed by atoms with Gasteiger partial charge in [-0.15, -0.1) is 0 Å². The molecule has 2 nitrogen and oxygen atoms in total. The van der Waals surface area contributed by atoms with E-state index in [4.69, 9.17) is 0 Å². The average Bonchev–Trinajstić information content (AvgIpc) is 2.27. The zero-order chi connectivity index (χ0) is 11.5. The van der Waals surface area contributed by atoms with Crippen LogP contribution in [-0.4, -0.2) is 18.2 Å². The Hall–Kier alpha value is -1.09. The summed E-state index contributed by atoms with van der Waals surface area (Å²) in [7, 11) is 0. The van der Waals surface area contributed by atoms with Crippen molar-refractivity contribution in [1.82, 2.24) is 5.32 Å². The van der Waals surface area contributed by atoms with Gasteiger partial charge < -0.3 is 10.4 Å². The Morgan fingerprint density at radius 2 is 2.31 bits per heavy atom. The molecule has 1 saturated heterocycles. The maximum Gasteiger partial charge on any atom is 0.168 e. The van der Waals surface area contributed by atoms with Crippen LogP contribution in [0.2, 0.25) is 0 Å². The summed E-state index contributed by atoms with van der Waals surface area (Å²) in [6, 6.07) is 3.31. The van der Waals surface area contributed by atoms with Crippen molar-refractivity contribution in [2.75, 3.05) is 13.1 Å². The van der Waals surface area contributed by atoms with Gasteiger partial charge in [0, 0.05) is 0 Å². The molecule has 88 valence electrons. The second-order valence-corrected chi connectivity index (χ2v) is 4.67. The van der Waals surface area contributed by atoms with Gasteiger partial charge >= 0.3 is 0 Å². The fourth-order valence-corrected chi connectivity index (χ4v) is 2.38. The van der Waals surface area contributed by atoms with Gasteiger partial charge in [0.15, 0.2) is 11.6 Å². The van der Waals surface area contributed by atoms with E-state index < -0.39 is 5.82 Å². The van der Waals surface area contributed by atoms with Crippen molar-refractivity contribution in [3.8, 4) is 5.75 Å². The highest BCUT2D eigenvalue weighted by Gasteiger charge is 2.17. The third-order valence-corrected chi connectivity index (χ3v) is 3.18. The minimum Gasteiger partial charge on any atom is -0.505 e. The lowest BCUT2D eigenvalue weighted by Gasteiger charge is -2.23. The summed E-state index contributed by atoms with van der Waals surface area (Å²) < 4.78 is 13.7. The number of phenolic OH excluding ortho intramolecular Hbond substituents is 1. The molecular formula is C13H18FNO. The van der Waals surface area contributed by atoms with Gasteiger partial charge in [-0.25, -0.2) is 4.39 Å². The molecule has 1 fully saturated rings. The number of halogens is 1. The first-order valence-corrected chi connectivity index (χ1v) is 5.85. The van der Waals surface area contributed by atoms with Gasteiger partial charge in [0.2, 0.25) is 0 Å². The standard InChI is InChI=1S/C13H18FNO/c1-9-5-11(13(14)12(16)6-9)7-10-3-2-4-15-8-10/h5-6,10,15-16H,2-4,7-8H2,1H3. The Balaban J connectivity index is 2.13. The van der Waals surface area contributed by atoms with Crippen molar-refractivity contribution < 1.29 is 9.50 Å². The van der Waals surface area contributed by atoms with Gasteiger partial charge in [-0.3, -0.25) is 0 Å². The Kier molecular flexibility index (Phi) is 3.44. The van der Waals surface area contributed by atoms with E-state index >= 15 is 0 Å². The van der Waals surface area contributed by atoms with Crippen LogP contribution in [0.4, 0.5) is 4.39 Å². The maximum absolute atomic E-state index is 13.7. The second-order valence-electron chi connectivity index (χ2n) is 4.67. The topological polar surface area (TPSA) is 32.3 Å². The van der Waals surface area contributed by atoms with E-state index in [1.807, 2.05) is 13.0 Å². The summed E-state index contributed by atoms with van der Waals surface area (Å²) in [6.07, 6.45) is 3.01. The highest BCUT2D eigenvalue weighted by atomic mass is 19.1. The molecule has 2 rings (SSSR count). The molecular weight excluding hydrogens is 205 g/mol. The Labute approximate surface area is 95.5 Å². The van der Waals surface area contributed by atoms with Crippen LogP contribution in [0.1, 0.15) is 24.0 Å². The van der Waals surface area contributed by atoms with Crippen LogP contribution >= 0.6 is 0 Å². The Bertz CT molecular complexity index is 372. The minimum atomic E-state index is -0.448. The molecule has 1 aromatic carbocycles. The molecule has 0 bridgehead atoms. The molecule has 1 aliphatic rings. The van der Waals surface area contributed by atoms with Crippen molar-refractivity contribution in [3.05, 3.63) is 29.1 Å². The van der Waals surface area contributed by atoms with E-state index in [0.29, 0.717) is 17.9 Å². The second kappa shape index (κ2) is 4.83. The summed E-state index contributed by atoms with van der Waals surface area (Å²) in [5, 5.41) is 12.7. The van der Waals surface area contributed by atoms with Crippen LogP contribution in [0.15, 0.2) is 12.1 Å². The number of hydrogen-bond donors (Lipinski definition) is 2. The number of phenols is 1. The normalized spacial score (nSPS) is 21.0. The van der Waals surface area contributed by atoms with Crippen LogP contribution < -0.4 is 5.32 Å². The van der Waals surface area contributed by atoms with Gasteiger partial charge in [-0.1, -0.05) is 6.07 Å². The molecule has 0 radical (unpaired) electrons. The molecule has 3 heteroatoms. The van der Waals surface area contributed by atoms with Crippen LogP contribution in [0.5, 0.6) is 5.75 Å². The molecule has 1 aliphatic heterocycles. The summed E-state index contributed by atoms with van der Waals surface area (Å²) >= 11 is 0. The lowest BCUT2D eigenvalue weighted by Crippen LogP contribution is -2.31. The summed E-state index contributed by atoms with van der Waals surface area (Å²) in [6.45, 7) is 3.90. The molecule has 0 spiro atoms. The molecule has 0 aromatic heterocycles. The van der Waals surface area contributed by atoms with E-state index in [0.717, 1.165) is 31.5 Å². The lowest BCUT2D eigenvalue weighted by atomic mass is 9.91. The van der Waals surface area contributed by atoms with Crippen LogP contribution in [0.3, 0.4) is 0 Å². The fraction of sp³-hybridized carbons (Fsp3) is 0.538. The van der Waals surface area contributed by atoms with Crippen molar-refractivity contribution >= 4 is 0 Å². The number of hydrogen-bond acceptors (Lipinski definition) is 2. The number of aromatic hydroxyl groups is 1. The van der Waals surface area contributed by atoms with Crippen LogP contribution in [0.25, 0.3) is 0 Å². The van der Waals surface area contributed by atoms with Gasteiger partial charge in [-0.05, 0) is 62.4 Å². The van der Waals surface area contributed by atoms with Crippen LogP contribution in [0, 0.1) is 18.7 Å². The highest BCUT2D eigenvalue weighted by Crippen LogP contribution is 2.25. The predicted octanol–water partition coefficient (Wildman–Crippen LogP) is 2.38. The first kappa shape index (κ1) is 11.4. The zero-order valence-corrected chi connectivity index (χ0v) is 9.59. The highest BCUT2D eigenvalue weighted by molar-refractivity contribution is 5.35. The number of benzene rings is 1. The van der Waals surface area contributed by atoms with Gasteiger partial charge in [0.05, 0.1) is 0 Å². The minimum absolute atomic E-state index is 0.223. The average molecular weight is 223 g/mol. The third kappa shape index (κ3) is 2.53. The molecule has 0 aliphatic carbocycles. The van der Waals surface area contributed by atoms with Crippen molar-refractivity contribution in [1.29, 1.82) is 0 Å². The molecule has 1 aromatic rings. The van der Waals surface area contributed by atoms with Gasteiger partial charge in [-0.2, -0.15) is 0 Å². The van der Waals surface area contributed by atoms with Crippen molar-refractivity contribution in [2.45, 2.75) is 26.2 Å². The molecule has 0 saturated carbocycles. The SMILES string of the molecule is Cc1cc(O)c(F)c(CC2CCCNC2)c1. The van der Waals surface area contributed by atoms with Gasteiger partial charge in [0.25, 0.3) is 0 Å². The molecule has 0 amide bonds. The molecule has 1 unspecified atom stereocenters. The number of aryl methyl sites for hydroxylation is 1. The third-order valence-electron chi connectivity index (χ3n) is 3.18. The summed E-state index contributed by atoms with van der Waals surface area (Å²) in [5.41, 5.74) is 1.56. The van der Waals surface area contributed by atoms with Gasteiger partial charge in [0.1, 0.15) is 0 Å². The summed E-state index contributed by atoms with van der Waals surface area (Å²) in [4.78, 5) is 0. The molecule has 16 heavy (non-hydrogen) atoms. The Morgan fingerprint density at radius 1 is 1.50 bits per heavy atom. The monoisotopic (exact) mass is 223 g/mol. The predicted molar refractivity (Wildman–Crippen MR) is 62.1 cm³/mol. The van der Waals surface area contributed by atoms with Crippen molar-refractivity contribution in [2.24, 2.45) is 5.92 Å². The first-order chi connectivity index (χ1) is 7.66. The summed E-state index contributed by atoms with van der Waals surface area (Å²) in [5.74, 6) is -0.181. The zero-order valence-electron chi connectivity index (χ0n) is 9.59. The van der Waals surface area contributed by atoms with E-state index in [-0.39, 0.29) is 5.75 Å². The lowest BCUT2D eigenvalue weighted by molar-refractivity contribution is 0.367. The largest absolute Gasteiger partial charge is 0.505 e. The first-order valence-electron chi connectivity index (χ1n) is 5.85. The number of rotatable bonds is 2. The molecule has 2 N–H and O–H groups in total. The van der Waals surface area contributed by atoms with E-state index in [2.05, 4.69) is 5.32 Å². The number of nitrogens with one attached hydrogen (secondary N) is 1. The van der Waals surface area contributed by atoms with E-state index in [9.17, 15) is 9.50 Å². The van der Waals surface area contributed by atoms with Crippen LogP contribution in [-0.2, 0) is 6.42 Å². The molecule has 1 atom stereocenters. The van der Waals surface area contributed by atoms with E-state index in [1.165, 1.54) is 6.07 Å². The van der Waals surface area contributed by atoms with Crippen molar-refractivity contribution in [3.63, 3.8) is 0 Å². The smallest absolute Gasteiger partial charge is 0.168 e. The number of piperidine rings is 1. The fourth-order valence-electron chi connectivity index (χ4n) is 2.38. The molecule has 1 heterocycles. The maximum atomic E-state index is 13.7. The quantitative estimate of drug-likeness (QED) is 0.806. The van der Waals surface area contributed by atoms with E-state index in [1.54, 1.807) is 0 Å². The Morgan fingerprint density at radius 3 is 3.00 bits per heavy atom.